The molecule has 2 aromatic rings. The van der Waals surface area contributed by atoms with E-state index in [4.69, 9.17) is 22.2 Å². The molecule has 0 aliphatic heterocycles. The maximum Gasteiger partial charge on any atom is 0.119 e. The highest BCUT2D eigenvalue weighted by Gasteiger charge is 2.17. The van der Waals surface area contributed by atoms with Crippen LogP contribution in [-0.4, -0.2) is 22.4 Å². The molecule has 0 amide bonds. The fourth-order valence-corrected chi connectivity index (χ4v) is 2.53. The minimum absolute atomic E-state index is 0.0391. The van der Waals surface area contributed by atoms with Crippen molar-refractivity contribution in [2.24, 2.45) is 12.9 Å². The molecule has 0 fully saturated rings. The van der Waals surface area contributed by atoms with E-state index in [1.807, 2.05) is 49.0 Å². The fraction of sp³-hybridized carbons (Fsp3) is 0.400. The lowest BCUT2D eigenvalue weighted by Gasteiger charge is -2.17. The molecule has 2 rings (SSSR count). The average molecular weight is 309 g/mol. The maximum absolute atomic E-state index is 6.36. The Labute approximate surface area is 130 Å². The zero-order valence-corrected chi connectivity index (χ0v) is 13.1. The number of nitrogens with two attached hydrogens (primary N) is 1. The van der Waals surface area contributed by atoms with Crippen molar-refractivity contribution in [3.63, 3.8) is 0 Å². The highest BCUT2D eigenvalue weighted by Crippen LogP contribution is 2.22. The van der Waals surface area contributed by atoms with Crippen LogP contribution in [0.3, 0.4) is 0 Å². The lowest BCUT2D eigenvalue weighted by Crippen LogP contribution is -2.41. The van der Waals surface area contributed by atoms with E-state index in [1.54, 1.807) is 0 Å². The number of hydrogen-bond acceptors (Lipinski definition) is 4. The fourth-order valence-electron chi connectivity index (χ4n) is 2.15. The Morgan fingerprint density at radius 2 is 2.10 bits per heavy atom. The molecular weight excluding hydrogens is 288 g/mol. The average Bonchev–Trinajstić information content (AvgIpc) is 2.79. The second kappa shape index (κ2) is 7.45. The first kappa shape index (κ1) is 15.8. The summed E-state index contributed by atoms with van der Waals surface area (Å²) in [5.74, 6) is 6.44. The summed E-state index contributed by atoms with van der Waals surface area (Å²) in [6, 6.07) is 9.62. The molecule has 1 atom stereocenters. The quantitative estimate of drug-likeness (QED) is 0.607. The van der Waals surface area contributed by atoms with Crippen LogP contribution < -0.4 is 16.0 Å². The molecule has 1 aromatic heterocycles. The molecule has 0 radical (unpaired) electrons. The molecule has 1 unspecified atom stereocenters. The number of para-hydroxylation sites is 1. The molecule has 0 spiro atoms. The molecule has 1 aromatic carbocycles. The molecule has 3 N–H and O–H groups in total. The Morgan fingerprint density at radius 1 is 1.38 bits per heavy atom. The van der Waals surface area contributed by atoms with Gasteiger partial charge in [0.1, 0.15) is 12.4 Å². The lowest BCUT2D eigenvalue weighted by molar-refractivity contribution is 0.262. The van der Waals surface area contributed by atoms with Crippen molar-refractivity contribution in [3.05, 3.63) is 46.7 Å². The van der Waals surface area contributed by atoms with E-state index in [2.05, 4.69) is 10.5 Å². The van der Waals surface area contributed by atoms with Crippen molar-refractivity contribution in [1.82, 2.24) is 15.2 Å². The number of hydrazine groups is 1. The van der Waals surface area contributed by atoms with Crippen LogP contribution in [0.1, 0.15) is 18.3 Å². The number of aryl methyl sites for hydroxylation is 2. The predicted octanol–water partition coefficient (Wildman–Crippen LogP) is 2.09. The predicted molar refractivity (Wildman–Crippen MR) is 84.3 cm³/mol. The summed E-state index contributed by atoms with van der Waals surface area (Å²) in [7, 11) is 1.89. The van der Waals surface area contributed by atoms with E-state index >= 15 is 0 Å². The van der Waals surface area contributed by atoms with Crippen LogP contribution in [0.5, 0.6) is 5.75 Å². The largest absolute Gasteiger partial charge is 0.492 e. The molecule has 6 heteroatoms. The van der Waals surface area contributed by atoms with Crippen LogP contribution >= 0.6 is 11.6 Å². The monoisotopic (exact) mass is 308 g/mol. The second-order valence-electron chi connectivity index (χ2n) is 4.88. The number of aromatic nitrogens is 2. The zero-order chi connectivity index (χ0) is 15.2. The number of benzene rings is 1. The van der Waals surface area contributed by atoms with Crippen LogP contribution in [0, 0.1) is 0 Å². The third-order valence-electron chi connectivity index (χ3n) is 3.37. The second-order valence-corrected chi connectivity index (χ2v) is 5.25. The minimum Gasteiger partial charge on any atom is -0.492 e. The van der Waals surface area contributed by atoms with Gasteiger partial charge in [0.05, 0.1) is 22.5 Å². The normalized spacial score (nSPS) is 12.4. The Kier molecular flexibility index (Phi) is 5.61. The molecule has 5 nitrogen and oxygen atoms in total. The van der Waals surface area contributed by atoms with Crippen LogP contribution in [0.25, 0.3) is 0 Å². The van der Waals surface area contributed by atoms with Crippen molar-refractivity contribution in [2.75, 3.05) is 6.61 Å². The first-order chi connectivity index (χ1) is 10.2. The Hall–Kier alpha value is -1.56. The van der Waals surface area contributed by atoms with E-state index in [0.29, 0.717) is 13.0 Å². The summed E-state index contributed by atoms with van der Waals surface area (Å²) in [5.41, 5.74) is 4.65. The van der Waals surface area contributed by atoms with Gasteiger partial charge in [0, 0.05) is 13.5 Å². The van der Waals surface area contributed by atoms with Crippen molar-refractivity contribution in [1.29, 1.82) is 0 Å². The van der Waals surface area contributed by atoms with Crippen LogP contribution in [-0.2, 0) is 19.9 Å². The third-order valence-corrected chi connectivity index (χ3v) is 3.81. The van der Waals surface area contributed by atoms with E-state index in [1.165, 1.54) is 0 Å². The number of halogens is 1. The van der Waals surface area contributed by atoms with Gasteiger partial charge in [0.2, 0.25) is 0 Å². The summed E-state index contributed by atoms with van der Waals surface area (Å²) in [6.45, 7) is 2.50. The topological polar surface area (TPSA) is 65.1 Å². The highest BCUT2D eigenvalue weighted by atomic mass is 35.5. The first-order valence-electron chi connectivity index (χ1n) is 6.99. The van der Waals surface area contributed by atoms with Gasteiger partial charge in [0.15, 0.2) is 0 Å². The highest BCUT2D eigenvalue weighted by molar-refractivity contribution is 6.31. The van der Waals surface area contributed by atoms with E-state index < -0.39 is 0 Å². The molecule has 0 saturated carbocycles. The Bertz CT molecular complexity index is 571. The number of hydrogen-bond donors (Lipinski definition) is 2. The van der Waals surface area contributed by atoms with Crippen LogP contribution in [0.4, 0.5) is 0 Å². The molecule has 114 valence electrons. The zero-order valence-electron chi connectivity index (χ0n) is 12.3. The van der Waals surface area contributed by atoms with Gasteiger partial charge < -0.3 is 4.74 Å². The minimum atomic E-state index is -0.0391. The van der Waals surface area contributed by atoms with E-state index in [-0.39, 0.29) is 6.04 Å². The molecule has 0 saturated heterocycles. The van der Waals surface area contributed by atoms with Gasteiger partial charge in [-0.1, -0.05) is 36.7 Å². The standard InChI is InChI=1S/C15H21ClN4O/c1-3-13-15(16)14(20(2)19-13)9-11(18-17)10-21-12-7-5-4-6-8-12/h4-8,11,18H,3,9-10,17H2,1-2H3. The summed E-state index contributed by atoms with van der Waals surface area (Å²) < 4.78 is 7.54. The molecule has 21 heavy (non-hydrogen) atoms. The molecule has 0 bridgehead atoms. The van der Waals surface area contributed by atoms with Gasteiger partial charge in [-0.25, -0.2) is 0 Å². The van der Waals surface area contributed by atoms with E-state index in [9.17, 15) is 0 Å². The van der Waals surface area contributed by atoms with Gasteiger partial charge in [-0.2, -0.15) is 5.10 Å². The van der Waals surface area contributed by atoms with Gasteiger partial charge in [-0.3, -0.25) is 16.0 Å². The molecular formula is C15H21ClN4O. The first-order valence-corrected chi connectivity index (χ1v) is 7.37. The maximum atomic E-state index is 6.36. The van der Waals surface area contributed by atoms with Crippen molar-refractivity contribution < 1.29 is 4.74 Å². The summed E-state index contributed by atoms with van der Waals surface area (Å²) in [4.78, 5) is 0. The van der Waals surface area contributed by atoms with Gasteiger partial charge in [-0.15, -0.1) is 0 Å². The smallest absolute Gasteiger partial charge is 0.119 e. The summed E-state index contributed by atoms with van der Waals surface area (Å²) in [5, 5.41) is 5.13. The SMILES string of the molecule is CCc1nn(C)c(CC(COc2ccccc2)NN)c1Cl. The van der Waals surface area contributed by atoms with Crippen molar-refractivity contribution >= 4 is 11.6 Å². The number of nitrogens with one attached hydrogen (secondary N) is 1. The van der Waals surface area contributed by atoms with Crippen LogP contribution in [0.2, 0.25) is 5.02 Å². The van der Waals surface area contributed by atoms with Gasteiger partial charge in [0.25, 0.3) is 0 Å². The number of rotatable bonds is 7. The summed E-state index contributed by atoms with van der Waals surface area (Å²) >= 11 is 6.36. The Balaban J connectivity index is 2.01. The van der Waals surface area contributed by atoms with Crippen molar-refractivity contribution in [2.45, 2.75) is 25.8 Å². The van der Waals surface area contributed by atoms with Crippen molar-refractivity contribution in [3.8, 4) is 5.75 Å². The number of nitrogens with zero attached hydrogens (tertiary/aromatic N) is 2. The summed E-state index contributed by atoms with van der Waals surface area (Å²) in [6.07, 6.45) is 1.47. The van der Waals surface area contributed by atoms with E-state index in [0.717, 1.165) is 28.6 Å². The number of ether oxygens (including phenoxy) is 1. The van der Waals surface area contributed by atoms with Crippen LogP contribution in [0.15, 0.2) is 30.3 Å². The lowest BCUT2D eigenvalue weighted by atomic mass is 10.1. The van der Waals surface area contributed by atoms with Gasteiger partial charge in [-0.05, 0) is 18.6 Å². The Morgan fingerprint density at radius 3 is 2.67 bits per heavy atom. The molecule has 0 aliphatic rings. The molecule has 1 heterocycles. The third kappa shape index (κ3) is 3.97. The van der Waals surface area contributed by atoms with Gasteiger partial charge >= 0.3 is 0 Å². The molecule has 0 aliphatic carbocycles.